The Balaban J connectivity index is 1.43. The third-order valence-electron chi connectivity index (χ3n) is 4.82. The largest absolute Gasteiger partial charge is 0.383 e. The Bertz CT molecular complexity index is 671. The van der Waals surface area contributed by atoms with Crippen molar-refractivity contribution < 1.29 is 9.90 Å². The summed E-state index contributed by atoms with van der Waals surface area (Å²) in [5, 5.41) is 16.8. The molecule has 1 fully saturated rings. The van der Waals surface area contributed by atoms with Crippen LogP contribution in [0.25, 0.3) is 0 Å². The van der Waals surface area contributed by atoms with Crippen LogP contribution in [0.2, 0.25) is 0 Å². The molecule has 0 bridgehead atoms. The summed E-state index contributed by atoms with van der Waals surface area (Å²) >= 11 is 0. The van der Waals surface area contributed by atoms with Gasteiger partial charge in [-0.3, -0.25) is 0 Å². The van der Waals surface area contributed by atoms with E-state index in [0.717, 1.165) is 31.2 Å². The van der Waals surface area contributed by atoms with Crippen molar-refractivity contribution >= 4 is 6.03 Å². The summed E-state index contributed by atoms with van der Waals surface area (Å²) in [4.78, 5) is 12.0. The van der Waals surface area contributed by atoms with E-state index in [0.29, 0.717) is 6.54 Å². The maximum absolute atomic E-state index is 12.0. The number of carbonyl (C=O) groups excluding carboxylic acids is 1. The van der Waals surface area contributed by atoms with Crippen molar-refractivity contribution in [2.75, 3.05) is 13.1 Å². The Morgan fingerprint density at radius 1 is 1.00 bits per heavy atom. The van der Waals surface area contributed by atoms with Crippen molar-refractivity contribution in [3.8, 4) is 0 Å². The quantitative estimate of drug-likeness (QED) is 0.647. The number of aryl methyl sites for hydroxylation is 1. The van der Waals surface area contributed by atoms with Crippen LogP contribution in [-0.2, 0) is 12.0 Å². The van der Waals surface area contributed by atoms with E-state index in [-0.39, 0.29) is 18.5 Å². The molecule has 2 amide bonds. The van der Waals surface area contributed by atoms with E-state index in [2.05, 4.69) is 22.8 Å². The van der Waals surface area contributed by atoms with Crippen LogP contribution in [-0.4, -0.2) is 24.2 Å². The van der Waals surface area contributed by atoms with Crippen LogP contribution in [0.15, 0.2) is 60.7 Å². The van der Waals surface area contributed by atoms with Gasteiger partial charge in [-0.2, -0.15) is 0 Å². The van der Waals surface area contributed by atoms with Gasteiger partial charge in [-0.1, -0.05) is 60.7 Å². The predicted molar refractivity (Wildman–Crippen MR) is 99.2 cm³/mol. The molecule has 1 unspecified atom stereocenters. The number of nitrogens with one attached hydrogen (secondary N) is 2. The molecular formula is C21H26N2O2. The first kappa shape index (κ1) is 17.5. The van der Waals surface area contributed by atoms with Gasteiger partial charge in [0.1, 0.15) is 5.60 Å². The molecule has 3 N–H and O–H groups in total. The lowest BCUT2D eigenvalue weighted by molar-refractivity contribution is 0.0160. The summed E-state index contributed by atoms with van der Waals surface area (Å²) in [6.07, 6.45) is 3.84. The summed E-state index contributed by atoms with van der Waals surface area (Å²) in [6, 6.07) is 19.7. The second-order valence-corrected chi connectivity index (χ2v) is 6.76. The molecule has 1 aliphatic carbocycles. The number of hydrogen-bond donors (Lipinski definition) is 3. The monoisotopic (exact) mass is 338 g/mol. The molecule has 132 valence electrons. The number of hydrogen-bond acceptors (Lipinski definition) is 2. The Morgan fingerprint density at radius 2 is 1.64 bits per heavy atom. The Labute approximate surface area is 149 Å². The molecule has 0 spiro atoms. The van der Waals surface area contributed by atoms with Crippen molar-refractivity contribution in [2.45, 2.75) is 31.3 Å². The number of amides is 2. The van der Waals surface area contributed by atoms with E-state index in [1.165, 1.54) is 5.56 Å². The average molecular weight is 338 g/mol. The SMILES string of the molecule is O=C(NCCCc1ccccc1)NCC(O)(c1ccccc1)C1CC1. The van der Waals surface area contributed by atoms with Gasteiger partial charge >= 0.3 is 6.03 Å². The fraction of sp³-hybridized carbons (Fsp3) is 0.381. The highest BCUT2D eigenvalue weighted by atomic mass is 16.3. The molecule has 3 rings (SSSR count). The molecule has 1 aliphatic rings. The van der Waals surface area contributed by atoms with Gasteiger partial charge < -0.3 is 15.7 Å². The molecule has 0 saturated heterocycles. The Kier molecular flexibility index (Phi) is 5.71. The smallest absolute Gasteiger partial charge is 0.314 e. The molecule has 0 radical (unpaired) electrons. The number of aliphatic hydroxyl groups is 1. The lowest BCUT2D eigenvalue weighted by Crippen LogP contribution is -2.46. The second kappa shape index (κ2) is 8.17. The van der Waals surface area contributed by atoms with Crippen molar-refractivity contribution in [2.24, 2.45) is 5.92 Å². The van der Waals surface area contributed by atoms with Crippen LogP contribution in [0.1, 0.15) is 30.4 Å². The molecule has 2 aromatic carbocycles. The number of urea groups is 1. The minimum absolute atomic E-state index is 0.219. The fourth-order valence-electron chi connectivity index (χ4n) is 3.19. The molecule has 0 aromatic heterocycles. The fourth-order valence-corrected chi connectivity index (χ4v) is 3.19. The van der Waals surface area contributed by atoms with E-state index in [9.17, 15) is 9.90 Å². The van der Waals surface area contributed by atoms with Crippen LogP contribution in [0.4, 0.5) is 4.79 Å². The topological polar surface area (TPSA) is 61.4 Å². The maximum Gasteiger partial charge on any atom is 0.314 e. The van der Waals surface area contributed by atoms with Gasteiger partial charge in [-0.15, -0.1) is 0 Å². The van der Waals surface area contributed by atoms with Crippen LogP contribution in [0.3, 0.4) is 0 Å². The average Bonchev–Trinajstić information content (AvgIpc) is 3.50. The summed E-state index contributed by atoms with van der Waals surface area (Å²) in [6.45, 7) is 0.861. The molecule has 0 aliphatic heterocycles. The van der Waals surface area contributed by atoms with Gasteiger partial charge in [-0.25, -0.2) is 4.79 Å². The third-order valence-corrected chi connectivity index (χ3v) is 4.82. The van der Waals surface area contributed by atoms with E-state index < -0.39 is 5.60 Å². The first-order chi connectivity index (χ1) is 12.2. The summed E-state index contributed by atoms with van der Waals surface area (Å²) in [7, 11) is 0. The molecule has 2 aromatic rings. The Hall–Kier alpha value is -2.33. The number of benzene rings is 2. The molecule has 1 atom stereocenters. The molecule has 4 nitrogen and oxygen atoms in total. The number of carbonyl (C=O) groups is 1. The van der Waals surface area contributed by atoms with Gasteiger partial charge in [0, 0.05) is 6.54 Å². The number of rotatable bonds is 8. The Morgan fingerprint density at radius 3 is 2.28 bits per heavy atom. The van der Waals surface area contributed by atoms with Crippen molar-refractivity contribution in [1.29, 1.82) is 0 Å². The minimum atomic E-state index is -0.970. The van der Waals surface area contributed by atoms with E-state index in [1.807, 2.05) is 48.5 Å². The van der Waals surface area contributed by atoms with Crippen LogP contribution in [0.5, 0.6) is 0 Å². The summed E-state index contributed by atoms with van der Waals surface area (Å²) in [5.41, 5.74) is 1.18. The van der Waals surface area contributed by atoms with Gasteiger partial charge in [0.25, 0.3) is 0 Å². The normalized spacial score (nSPS) is 16.0. The third kappa shape index (κ3) is 4.83. The predicted octanol–water partition coefficient (Wildman–Crippen LogP) is 3.22. The van der Waals surface area contributed by atoms with Crippen LogP contribution < -0.4 is 10.6 Å². The molecule has 25 heavy (non-hydrogen) atoms. The zero-order chi connectivity index (χ0) is 17.5. The first-order valence-corrected chi connectivity index (χ1v) is 9.02. The highest BCUT2D eigenvalue weighted by Crippen LogP contribution is 2.45. The van der Waals surface area contributed by atoms with Gasteiger partial charge in [0.2, 0.25) is 0 Å². The van der Waals surface area contributed by atoms with Crippen LogP contribution >= 0.6 is 0 Å². The lowest BCUT2D eigenvalue weighted by Gasteiger charge is -2.29. The van der Waals surface area contributed by atoms with Gasteiger partial charge in [0.15, 0.2) is 0 Å². The molecule has 1 saturated carbocycles. The minimum Gasteiger partial charge on any atom is -0.383 e. The highest BCUT2D eigenvalue weighted by Gasteiger charge is 2.45. The van der Waals surface area contributed by atoms with Gasteiger partial charge in [0.05, 0.1) is 6.54 Å². The van der Waals surface area contributed by atoms with Crippen molar-refractivity contribution in [3.63, 3.8) is 0 Å². The lowest BCUT2D eigenvalue weighted by atomic mass is 9.89. The zero-order valence-electron chi connectivity index (χ0n) is 14.4. The first-order valence-electron chi connectivity index (χ1n) is 9.02. The van der Waals surface area contributed by atoms with Crippen LogP contribution in [0, 0.1) is 5.92 Å². The second-order valence-electron chi connectivity index (χ2n) is 6.76. The summed E-state index contributed by atoms with van der Waals surface area (Å²) in [5.74, 6) is 0.230. The summed E-state index contributed by atoms with van der Waals surface area (Å²) < 4.78 is 0. The van der Waals surface area contributed by atoms with E-state index in [4.69, 9.17) is 0 Å². The maximum atomic E-state index is 12.0. The van der Waals surface area contributed by atoms with Crippen molar-refractivity contribution in [3.05, 3.63) is 71.8 Å². The van der Waals surface area contributed by atoms with Crippen molar-refractivity contribution in [1.82, 2.24) is 10.6 Å². The highest BCUT2D eigenvalue weighted by molar-refractivity contribution is 5.73. The van der Waals surface area contributed by atoms with E-state index in [1.54, 1.807) is 0 Å². The van der Waals surface area contributed by atoms with Gasteiger partial charge in [-0.05, 0) is 42.7 Å². The molecule has 4 heteroatoms. The van der Waals surface area contributed by atoms with E-state index >= 15 is 0 Å². The standard InChI is InChI=1S/C21H26N2O2/c24-20(22-15-7-10-17-8-3-1-4-9-17)23-16-21(25,19-13-14-19)18-11-5-2-6-12-18/h1-6,8-9,11-12,19,25H,7,10,13-16H2,(H2,22,23,24). The molecular weight excluding hydrogens is 312 g/mol. The molecule has 0 heterocycles. The zero-order valence-corrected chi connectivity index (χ0v) is 14.4.